The fourth-order valence-corrected chi connectivity index (χ4v) is 4.45. The third-order valence-electron chi connectivity index (χ3n) is 4.58. The van der Waals surface area contributed by atoms with Crippen molar-refractivity contribution in [2.45, 2.75) is 89.6 Å². The summed E-state index contributed by atoms with van der Waals surface area (Å²) in [5, 5.41) is 5.04. The van der Waals surface area contributed by atoms with E-state index in [2.05, 4.69) is 19.2 Å². The van der Waals surface area contributed by atoms with E-state index in [0.29, 0.717) is 6.04 Å². The molecule has 1 N–H and O–H groups in total. The Hall–Kier alpha value is -0.410. The molecule has 0 radical (unpaired) electrons. The number of thiazole rings is 1. The Bertz CT molecular complexity index is 426. The van der Waals surface area contributed by atoms with Crippen LogP contribution in [0.2, 0.25) is 0 Å². The number of nitrogens with one attached hydrogen (secondary N) is 1. The summed E-state index contributed by atoms with van der Waals surface area (Å²) in [7, 11) is 0. The van der Waals surface area contributed by atoms with Crippen molar-refractivity contribution < 1.29 is 0 Å². The molecule has 2 fully saturated rings. The summed E-state index contributed by atoms with van der Waals surface area (Å²) in [6.07, 6.45) is 11.1. The van der Waals surface area contributed by atoms with Gasteiger partial charge in [0.05, 0.1) is 10.7 Å². The van der Waals surface area contributed by atoms with Gasteiger partial charge in [-0.1, -0.05) is 39.5 Å². The molecule has 0 saturated heterocycles. The lowest BCUT2D eigenvalue weighted by Crippen LogP contribution is -2.21. The quantitative estimate of drug-likeness (QED) is 0.776. The van der Waals surface area contributed by atoms with Crippen LogP contribution in [-0.4, -0.2) is 11.0 Å². The molecule has 3 heteroatoms. The predicted molar refractivity (Wildman–Crippen MR) is 86.5 cm³/mol. The van der Waals surface area contributed by atoms with Crippen LogP contribution in [0.25, 0.3) is 0 Å². The van der Waals surface area contributed by atoms with Crippen LogP contribution in [0, 0.1) is 0 Å². The van der Waals surface area contributed by atoms with Crippen molar-refractivity contribution in [2.75, 3.05) is 0 Å². The molecular formula is C17H28N2S. The summed E-state index contributed by atoms with van der Waals surface area (Å²) in [4.78, 5) is 6.62. The molecule has 0 unspecified atom stereocenters. The van der Waals surface area contributed by atoms with Crippen molar-refractivity contribution in [3.8, 4) is 0 Å². The van der Waals surface area contributed by atoms with Gasteiger partial charge in [-0.3, -0.25) is 0 Å². The van der Waals surface area contributed by atoms with E-state index in [1.807, 2.05) is 11.3 Å². The third kappa shape index (κ3) is 3.62. The smallest absolute Gasteiger partial charge is 0.0962 e. The zero-order valence-corrected chi connectivity index (χ0v) is 13.8. The summed E-state index contributed by atoms with van der Waals surface area (Å²) in [5.41, 5.74) is 1.45. The van der Waals surface area contributed by atoms with Crippen LogP contribution in [0.15, 0.2) is 0 Å². The van der Waals surface area contributed by atoms with Crippen molar-refractivity contribution in [3.05, 3.63) is 15.6 Å². The summed E-state index contributed by atoms with van der Waals surface area (Å²) >= 11 is 2.01. The van der Waals surface area contributed by atoms with Crippen LogP contribution in [-0.2, 0) is 6.54 Å². The number of hydrogen-bond donors (Lipinski definition) is 1. The average molecular weight is 292 g/mol. The lowest BCUT2D eigenvalue weighted by Gasteiger charge is -2.09. The fourth-order valence-electron chi connectivity index (χ4n) is 3.18. The van der Waals surface area contributed by atoms with Gasteiger partial charge < -0.3 is 5.32 Å². The first kappa shape index (κ1) is 14.5. The lowest BCUT2D eigenvalue weighted by atomic mass is 10.0. The minimum atomic E-state index is 0.561. The molecule has 1 heterocycles. The van der Waals surface area contributed by atoms with E-state index in [-0.39, 0.29) is 0 Å². The lowest BCUT2D eigenvalue weighted by molar-refractivity contribution is 0.585. The predicted octanol–water partition coefficient (Wildman–Crippen LogP) is 4.96. The monoisotopic (exact) mass is 292 g/mol. The molecule has 0 amide bonds. The molecule has 2 aliphatic carbocycles. The normalized spacial score (nSPS) is 21.4. The van der Waals surface area contributed by atoms with E-state index in [1.54, 1.807) is 0 Å². The highest BCUT2D eigenvalue weighted by Gasteiger charge is 2.31. The highest BCUT2D eigenvalue weighted by Crippen LogP contribution is 2.44. The van der Waals surface area contributed by atoms with Gasteiger partial charge in [-0.15, -0.1) is 11.3 Å². The van der Waals surface area contributed by atoms with E-state index in [1.165, 1.54) is 66.9 Å². The summed E-state index contributed by atoms with van der Waals surface area (Å²) in [5.74, 6) is 1.54. The van der Waals surface area contributed by atoms with E-state index < -0.39 is 0 Å². The number of rotatable bonds is 5. The van der Waals surface area contributed by atoms with Gasteiger partial charge in [-0.25, -0.2) is 4.98 Å². The molecule has 0 aliphatic heterocycles. The Morgan fingerprint density at radius 2 is 1.75 bits per heavy atom. The molecular weight excluding hydrogens is 264 g/mol. The first-order valence-corrected chi connectivity index (χ1v) is 9.28. The molecule has 0 spiro atoms. The summed E-state index contributed by atoms with van der Waals surface area (Å²) < 4.78 is 0. The van der Waals surface area contributed by atoms with Crippen LogP contribution in [0.5, 0.6) is 0 Å². The Labute approximate surface area is 127 Å². The van der Waals surface area contributed by atoms with Gasteiger partial charge in [0, 0.05) is 29.3 Å². The molecule has 20 heavy (non-hydrogen) atoms. The zero-order chi connectivity index (χ0) is 13.9. The van der Waals surface area contributed by atoms with Gasteiger partial charge in [0.2, 0.25) is 0 Å². The van der Waals surface area contributed by atoms with E-state index in [0.717, 1.165) is 18.4 Å². The fraction of sp³-hybridized carbons (Fsp3) is 0.824. The van der Waals surface area contributed by atoms with Crippen LogP contribution < -0.4 is 5.32 Å². The molecule has 0 atom stereocenters. The van der Waals surface area contributed by atoms with Crippen LogP contribution >= 0.6 is 11.3 Å². The van der Waals surface area contributed by atoms with Gasteiger partial charge in [0.25, 0.3) is 0 Å². The largest absolute Gasteiger partial charge is 0.310 e. The Balaban J connectivity index is 1.75. The summed E-state index contributed by atoms with van der Waals surface area (Å²) in [6, 6.07) is 0.561. The van der Waals surface area contributed by atoms with Crippen molar-refractivity contribution in [1.82, 2.24) is 10.3 Å². The molecule has 3 rings (SSSR count). The molecule has 112 valence electrons. The molecule has 2 saturated carbocycles. The maximum Gasteiger partial charge on any atom is 0.0962 e. The van der Waals surface area contributed by atoms with Crippen LogP contribution in [0.1, 0.15) is 92.6 Å². The average Bonchev–Trinajstić information content (AvgIpc) is 3.22. The second-order valence-electron chi connectivity index (χ2n) is 6.86. The van der Waals surface area contributed by atoms with Gasteiger partial charge in [0.1, 0.15) is 0 Å². The Morgan fingerprint density at radius 1 is 1.05 bits per heavy atom. The van der Waals surface area contributed by atoms with E-state index >= 15 is 0 Å². The number of nitrogens with zero attached hydrogens (tertiary/aromatic N) is 1. The van der Waals surface area contributed by atoms with Crippen molar-refractivity contribution in [1.29, 1.82) is 0 Å². The molecule has 0 bridgehead atoms. The minimum Gasteiger partial charge on any atom is -0.310 e. The maximum absolute atomic E-state index is 5.09. The van der Waals surface area contributed by atoms with Crippen molar-refractivity contribution >= 4 is 11.3 Å². The third-order valence-corrected chi connectivity index (χ3v) is 5.82. The van der Waals surface area contributed by atoms with Crippen LogP contribution in [0.4, 0.5) is 0 Å². The molecule has 1 aromatic heterocycles. The molecule has 0 aromatic carbocycles. The van der Waals surface area contributed by atoms with Crippen LogP contribution in [0.3, 0.4) is 0 Å². The van der Waals surface area contributed by atoms with Gasteiger partial charge >= 0.3 is 0 Å². The molecule has 2 nitrogen and oxygen atoms in total. The zero-order valence-electron chi connectivity index (χ0n) is 13.0. The standard InChI is InChI=1S/C17H28N2S/c1-12(2)18-11-15-16(13-9-10-13)19-17(20-15)14-7-5-3-4-6-8-14/h12-14,18H,3-11H2,1-2H3. The second kappa shape index (κ2) is 6.57. The second-order valence-corrected chi connectivity index (χ2v) is 7.97. The molecule has 2 aliphatic rings. The van der Waals surface area contributed by atoms with E-state index in [4.69, 9.17) is 4.98 Å². The first-order chi connectivity index (χ1) is 9.74. The maximum atomic E-state index is 5.09. The molecule has 1 aromatic rings. The SMILES string of the molecule is CC(C)NCc1sc(C2CCCCCC2)nc1C1CC1. The van der Waals surface area contributed by atoms with Gasteiger partial charge in [-0.05, 0) is 25.7 Å². The number of aromatic nitrogens is 1. The van der Waals surface area contributed by atoms with E-state index in [9.17, 15) is 0 Å². The highest BCUT2D eigenvalue weighted by atomic mass is 32.1. The highest BCUT2D eigenvalue weighted by molar-refractivity contribution is 7.11. The minimum absolute atomic E-state index is 0.561. The topological polar surface area (TPSA) is 24.9 Å². The first-order valence-electron chi connectivity index (χ1n) is 8.47. The van der Waals surface area contributed by atoms with Gasteiger partial charge in [-0.2, -0.15) is 0 Å². The summed E-state index contributed by atoms with van der Waals surface area (Å²) in [6.45, 7) is 5.47. The Kier molecular flexibility index (Phi) is 4.77. The van der Waals surface area contributed by atoms with Crippen molar-refractivity contribution in [3.63, 3.8) is 0 Å². The number of hydrogen-bond acceptors (Lipinski definition) is 3. The van der Waals surface area contributed by atoms with Crippen molar-refractivity contribution in [2.24, 2.45) is 0 Å². The Morgan fingerprint density at radius 3 is 2.35 bits per heavy atom. The van der Waals surface area contributed by atoms with Gasteiger partial charge in [0.15, 0.2) is 0 Å².